The second-order valence-corrected chi connectivity index (χ2v) is 10.7. The summed E-state index contributed by atoms with van der Waals surface area (Å²) in [7, 11) is -3.93. The number of halogens is 2. The molecule has 39 heavy (non-hydrogen) atoms. The van der Waals surface area contributed by atoms with Crippen LogP contribution in [0, 0.1) is 5.82 Å². The zero-order valence-corrected chi connectivity index (χ0v) is 22.7. The van der Waals surface area contributed by atoms with Gasteiger partial charge in [-0.3, -0.25) is 14.3 Å². The largest absolute Gasteiger partial charge is 0.484 e. The summed E-state index contributed by atoms with van der Waals surface area (Å²) in [5, 5.41) is 12.2. The van der Waals surface area contributed by atoms with Crippen LogP contribution in [0.5, 0.6) is 5.75 Å². The van der Waals surface area contributed by atoms with Crippen molar-refractivity contribution in [2.24, 2.45) is 0 Å². The molecule has 0 heterocycles. The molecule has 0 aliphatic carbocycles. The Morgan fingerprint density at radius 3 is 2.28 bits per heavy atom. The maximum atomic E-state index is 13.1. The molecule has 9 nitrogen and oxygen atoms in total. The van der Waals surface area contributed by atoms with Gasteiger partial charge in [0, 0.05) is 30.4 Å². The fourth-order valence-corrected chi connectivity index (χ4v) is 4.67. The van der Waals surface area contributed by atoms with Crippen molar-refractivity contribution < 1.29 is 32.2 Å². The van der Waals surface area contributed by atoms with Crippen molar-refractivity contribution in [3.8, 4) is 5.75 Å². The molecule has 0 saturated carbocycles. The van der Waals surface area contributed by atoms with E-state index >= 15 is 0 Å². The average Bonchev–Trinajstić information content (AvgIpc) is 2.92. The number of amides is 2. The SMILES string of the molecule is C[C@H](C(=O)NCCCO)N(Cc1ccc(Cl)cc1)C(=O)COc1ccc(S(=O)(=O)Nc2ccc(F)cc2)cc1. The van der Waals surface area contributed by atoms with E-state index in [9.17, 15) is 22.4 Å². The number of benzene rings is 3. The monoisotopic (exact) mass is 577 g/mol. The third-order valence-corrected chi connectivity index (χ3v) is 7.31. The van der Waals surface area contributed by atoms with Crippen molar-refractivity contribution in [1.82, 2.24) is 10.2 Å². The average molecular weight is 578 g/mol. The minimum atomic E-state index is -3.93. The van der Waals surface area contributed by atoms with Gasteiger partial charge in [-0.1, -0.05) is 23.7 Å². The molecule has 3 aromatic carbocycles. The van der Waals surface area contributed by atoms with Crippen molar-refractivity contribution in [3.63, 3.8) is 0 Å². The number of carbonyl (C=O) groups is 2. The van der Waals surface area contributed by atoms with Crippen molar-refractivity contribution >= 4 is 39.1 Å². The summed E-state index contributed by atoms with van der Waals surface area (Å²) in [5.41, 5.74) is 0.962. The molecule has 0 bridgehead atoms. The zero-order chi connectivity index (χ0) is 28.4. The van der Waals surface area contributed by atoms with Gasteiger partial charge in [-0.2, -0.15) is 0 Å². The fourth-order valence-electron chi connectivity index (χ4n) is 3.48. The number of carbonyl (C=O) groups excluding carboxylic acids is 2. The minimum Gasteiger partial charge on any atom is -0.484 e. The zero-order valence-electron chi connectivity index (χ0n) is 21.1. The van der Waals surface area contributed by atoms with Gasteiger partial charge in [-0.15, -0.1) is 0 Å². The van der Waals surface area contributed by atoms with Crippen LogP contribution in [0.2, 0.25) is 5.02 Å². The highest BCUT2D eigenvalue weighted by atomic mass is 35.5. The van der Waals surface area contributed by atoms with E-state index in [1.807, 2.05) is 0 Å². The van der Waals surface area contributed by atoms with Crippen LogP contribution in [-0.4, -0.2) is 56.0 Å². The van der Waals surface area contributed by atoms with E-state index < -0.39 is 34.4 Å². The first kappa shape index (κ1) is 29.9. The molecule has 0 aromatic heterocycles. The van der Waals surface area contributed by atoms with Gasteiger partial charge in [0.2, 0.25) is 5.91 Å². The molecule has 0 fully saturated rings. The van der Waals surface area contributed by atoms with Gasteiger partial charge in [-0.25, -0.2) is 12.8 Å². The van der Waals surface area contributed by atoms with Crippen molar-refractivity contribution in [3.05, 3.63) is 89.2 Å². The highest BCUT2D eigenvalue weighted by molar-refractivity contribution is 7.92. The molecular formula is C27H29ClFN3O6S. The first-order chi connectivity index (χ1) is 18.6. The molecular weight excluding hydrogens is 549 g/mol. The number of hydrogen-bond acceptors (Lipinski definition) is 6. The first-order valence-electron chi connectivity index (χ1n) is 12.0. The Morgan fingerprint density at radius 2 is 1.67 bits per heavy atom. The number of rotatable bonds is 13. The Labute approximate surface area is 231 Å². The highest BCUT2D eigenvalue weighted by Gasteiger charge is 2.26. The molecule has 208 valence electrons. The van der Waals surface area contributed by atoms with E-state index in [1.54, 1.807) is 31.2 Å². The summed E-state index contributed by atoms with van der Waals surface area (Å²) >= 11 is 5.96. The quantitative estimate of drug-likeness (QED) is 0.267. The summed E-state index contributed by atoms with van der Waals surface area (Å²) in [6.07, 6.45) is 0.387. The van der Waals surface area contributed by atoms with Gasteiger partial charge >= 0.3 is 0 Å². The summed E-state index contributed by atoms with van der Waals surface area (Å²) in [6, 6.07) is 16.4. The van der Waals surface area contributed by atoms with E-state index in [-0.39, 0.29) is 41.9 Å². The Balaban J connectivity index is 1.67. The Bertz CT molecular complexity index is 1350. The van der Waals surface area contributed by atoms with Crippen LogP contribution in [0.1, 0.15) is 18.9 Å². The number of anilines is 1. The predicted molar refractivity (Wildman–Crippen MR) is 145 cm³/mol. The Hall–Kier alpha value is -3.67. The number of hydrogen-bond donors (Lipinski definition) is 3. The summed E-state index contributed by atoms with van der Waals surface area (Å²) in [4.78, 5) is 27.1. The molecule has 3 N–H and O–H groups in total. The van der Waals surface area contributed by atoms with Gasteiger partial charge in [0.1, 0.15) is 17.6 Å². The van der Waals surface area contributed by atoms with E-state index in [2.05, 4.69) is 10.0 Å². The summed E-state index contributed by atoms with van der Waals surface area (Å²) in [5.74, 6) is -1.09. The summed E-state index contributed by atoms with van der Waals surface area (Å²) in [6.45, 7) is 1.51. The van der Waals surface area contributed by atoms with Crippen LogP contribution < -0.4 is 14.8 Å². The van der Waals surface area contributed by atoms with Crippen LogP contribution in [0.3, 0.4) is 0 Å². The van der Waals surface area contributed by atoms with Crippen LogP contribution in [0.4, 0.5) is 10.1 Å². The molecule has 0 aliphatic rings. The standard InChI is InChI=1S/C27H29ClFN3O6S/c1-19(27(35)30-15-2-16-33)32(17-20-3-5-21(28)6-4-20)26(34)18-38-24-11-13-25(14-12-24)39(36,37)31-23-9-7-22(29)8-10-23/h3-14,19,31,33H,2,15-18H2,1H3,(H,30,35)/t19-/m1/s1. The van der Waals surface area contributed by atoms with Crippen molar-refractivity contribution in [2.45, 2.75) is 30.8 Å². The molecule has 3 aromatic rings. The molecule has 0 unspecified atom stereocenters. The fraction of sp³-hybridized carbons (Fsp3) is 0.259. The van der Waals surface area contributed by atoms with Gasteiger partial charge < -0.3 is 20.1 Å². The van der Waals surface area contributed by atoms with Crippen molar-refractivity contribution in [2.75, 3.05) is 24.5 Å². The molecule has 2 amide bonds. The third-order valence-electron chi connectivity index (χ3n) is 5.66. The topological polar surface area (TPSA) is 125 Å². The predicted octanol–water partition coefficient (Wildman–Crippen LogP) is 3.57. The van der Waals surface area contributed by atoms with E-state index in [1.165, 1.54) is 41.3 Å². The lowest BCUT2D eigenvalue weighted by Gasteiger charge is -2.28. The number of aliphatic hydroxyl groups excluding tert-OH is 1. The lowest BCUT2D eigenvalue weighted by Crippen LogP contribution is -2.49. The Morgan fingerprint density at radius 1 is 1.03 bits per heavy atom. The molecule has 0 spiro atoms. The van der Waals surface area contributed by atoms with Crippen molar-refractivity contribution in [1.29, 1.82) is 0 Å². The lowest BCUT2D eigenvalue weighted by molar-refractivity contribution is -0.142. The van der Waals surface area contributed by atoms with E-state index in [0.717, 1.165) is 17.7 Å². The first-order valence-corrected chi connectivity index (χ1v) is 13.9. The Kier molecular flexibility index (Phi) is 10.7. The second kappa shape index (κ2) is 13.9. The van der Waals surface area contributed by atoms with Crippen LogP contribution in [0.25, 0.3) is 0 Å². The number of sulfonamides is 1. The maximum absolute atomic E-state index is 13.1. The number of nitrogens with one attached hydrogen (secondary N) is 2. The third kappa shape index (κ3) is 8.95. The molecule has 3 rings (SSSR count). The molecule has 0 saturated heterocycles. The molecule has 0 radical (unpaired) electrons. The summed E-state index contributed by atoms with van der Waals surface area (Å²) < 4.78 is 46.3. The number of ether oxygens (including phenoxy) is 1. The molecule has 12 heteroatoms. The smallest absolute Gasteiger partial charge is 0.261 e. The van der Waals surface area contributed by atoms with Crippen LogP contribution in [-0.2, 0) is 26.2 Å². The molecule has 1 atom stereocenters. The maximum Gasteiger partial charge on any atom is 0.261 e. The van der Waals surface area contributed by atoms with E-state index in [0.29, 0.717) is 11.4 Å². The van der Waals surface area contributed by atoms with E-state index in [4.69, 9.17) is 21.4 Å². The van der Waals surface area contributed by atoms with Gasteiger partial charge in [0.25, 0.3) is 15.9 Å². The lowest BCUT2D eigenvalue weighted by atomic mass is 10.1. The molecule has 0 aliphatic heterocycles. The van der Waals surface area contributed by atoms with Gasteiger partial charge in [-0.05, 0) is 79.6 Å². The van der Waals surface area contributed by atoms with Crippen LogP contribution >= 0.6 is 11.6 Å². The minimum absolute atomic E-state index is 0.0527. The van der Waals surface area contributed by atoms with Gasteiger partial charge in [0.15, 0.2) is 6.61 Å². The van der Waals surface area contributed by atoms with Crippen LogP contribution in [0.15, 0.2) is 77.7 Å². The normalized spacial score (nSPS) is 11.9. The highest BCUT2D eigenvalue weighted by Crippen LogP contribution is 2.20. The number of aliphatic hydroxyl groups is 1. The van der Waals surface area contributed by atoms with Gasteiger partial charge in [0.05, 0.1) is 4.90 Å². The number of nitrogens with zero attached hydrogens (tertiary/aromatic N) is 1. The second-order valence-electron chi connectivity index (χ2n) is 8.56.